The van der Waals surface area contributed by atoms with Crippen LogP contribution in [-0.2, 0) is 0 Å². The number of nitriles is 1. The Labute approximate surface area is 123 Å². The number of rotatable bonds is 2. The predicted octanol–water partition coefficient (Wildman–Crippen LogP) is 4.39. The highest BCUT2D eigenvalue weighted by molar-refractivity contribution is 5.93. The summed E-state index contributed by atoms with van der Waals surface area (Å²) >= 11 is 0. The number of hydrogen-bond acceptors (Lipinski definition) is 3. The van der Waals surface area contributed by atoms with Gasteiger partial charge in [0, 0.05) is 22.0 Å². The van der Waals surface area contributed by atoms with Gasteiger partial charge in [0.1, 0.15) is 11.5 Å². The lowest BCUT2D eigenvalue weighted by molar-refractivity contribution is 0.485. The maximum Gasteiger partial charge on any atom is 0.135 e. The van der Waals surface area contributed by atoms with E-state index in [1.807, 2.05) is 55.5 Å². The second-order valence-corrected chi connectivity index (χ2v) is 4.84. The largest absolute Gasteiger partial charge is 0.456 e. The number of ether oxygens (including phenoxy) is 1. The Morgan fingerprint density at radius 2 is 1.67 bits per heavy atom. The lowest BCUT2D eigenvalue weighted by Crippen LogP contribution is -1.94. The fourth-order valence-corrected chi connectivity index (χ4v) is 2.32. The van der Waals surface area contributed by atoms with Crippen LogP contribution in [0.25, 0.3) is 10.8 Å². The van der Waals surface area contributed by atoms with Gasteiger partial charge in [-0.3, -0.25) is 0 Å². The smallest absolute Gasteiger partial charge is 0.135 e. The summed E-state index contributed by atoms with van der Waals surface area (Å²) in [7, 11) is 0. The molecule has 0 bridgehead atoms. The maximum absolute atomic E-state index is 9.19. The van der Waals surface area contributed by atoms with Gasteiger partial charge >= 0.3 is 0 Å². The van der Waals surface area contributed by atoms with Crippen molar-refractivity contribution in [2.45, 2.75) is 6.92 Å². The van der Waals surface area contributed by atoms with Crippen LogP contribution >= 0.6 is 0 Å². The second kappa shape index (κ2) is 5.18. The molecule has 3 heteroatoms. The zero-order valence-corrected chi connectivity index (χ0v) is 11.6. The van der Waals surface area contributed by atoms with E-state index in [4.69, 9.17) is 10.5 Å². The van der Waals surface area contributed by atoms with E-state index < -0.39 is 0 Å². The first-order valence-electron chi connectivity index (χ1n) is 6.65. The zero-order valence-electron chi connectivity index (χ0n) is 11.6. The van der Waals surface area contributed by atoms with Crippen molar-refractivity contribution in [3.8, 4) is 17.6 Å². The molecular formula is C18H14N2O. The summed E-state index contributed by atoms with van der Waals surface area (Å²) < 4.78 is 6.01. The SMILES string of the molecule is Cc1c(N)cccc1Oc1ccc(C#N)c2ccccc12. The minimum Gasteiger partial charge on any atom is -0.456 e. The summed E-state index contributed by atoms with van der Waals surface area (Å²) in [5.74, 6) is 1.45. The Hall–Kier alpha value is -2.99. The third-order valence-corrected chi connectivity index (χ3v) is 3.55. The number of nitrogen functional groups attached to an aromatic ring is 1. The molecule has 0 aromatic heterocycles. The molecule has 3 rings (SSSR count). The topological polar surface area (TPSA) is 59.0 Å². The fraction of sp³-hybridized carbons (Fsp3) is 0.0556. The first-order chi connectivity index (χ1) is 10.2. The third kappa shape index (κ3) is 2.28. The minimum atomic E-state index is 0.641. The number of nitrogens with zero attached hydrogens (tertiary/aromatic N) is 1. The molecule has 3 aromatic rings. The Balaban J connectivity index is 2.14. The Morgan fingerprint density at radius 1 is 0.905 bits per heavy atom. The standard InChI is InChI=1S/C18H14N2O/c1-12-16(20)7-4-8-17(12)21-18-10-9-13(11-19)14-5-2-3-6-15(14)18/h2-10H,20H2,1H3. The lowest BCUT2D eigenvalue weighted by atomic mass is 10.0. The highest BCUT2D eigenvalue weighted by Crippen LogP contribution is 2.34. The fourth-order valence-electron chi connectivity index (χ4n) is 2.32. The lowest BCUT2D eigenvalue weighted by Gasteiger charge is -2.13. The normalized spacial score (nSPS) is 10.3. The van der Waals surface area contributed by atoms with Gasteiger partial charge in [-0.2, -0.15) is 5.26 Å². The molecule has 0 aliphatic carbocycles. The van der Waals surface area contributed by atoms with Gasteiger partial charge in [-0.15, -0.1) is 0 Å². The number of anilines is 1. The number of hydrogen-bond donors (Lipinski definition) is 1. The van der Waals surface area contributed by atoms with Crippen LogP contribution in [0, 0.1) is 18.3 Å². The molecule has 3 aromatic carbocycles. The molecule has 0 unspecified atom stereocenters. The van der Waals surface area contributed by atoms with E-state index in [0.29, 0.717) is 11.3 Å². The first kappa shape index (κ1) is 13.0. The highest BCUT2D eigenvalue weighted by atomic mass is 16.5. The van der Waals surface area contributed by atoms with Gasteiger partial charge in [-0.25, -0.2) is 0 Å². The molecule has 0 saturated carbocycles. The van der Waals surface area contributed by atoms with Gasteiger partial charge in [0.15, 0.2) is 0 Å². The van der Waals surface area contributed by atoms with Crippen LogP contribution in [0.1, 0.15) is 11.1 Å². The van der Waals surface area contributed by atoms with Crippen LogP contribution in [-0.4, -0.2) is 0 Å². The van der Waals surface area contributed by atoms with E-state index >= 15 is 0 Å². The van der Waals surface area contributed by atoms with Crippen LogP contribution in [0.15, 0.2) is 54.6 Å². The molecule has 0 radical (unpaired) electrons. The highest BCUT2D eigenvalue weighted by Gasteiger charge is 2.09. The van der Waals surface area contributed by atoms with Gasteiger partial charge in [0.25, 0.3) is 0 Å². The average molecular weight is 274 g/mol. The third-order valence-electron chi connectivity index (χ3n) is 3.55. The molecule has 102 valence electrons. The quantitative estimate of drug-likeness (QED) is 0.705. The van der Waals surface area contributed by atoms with Crippen molar-refractivity contribution in [2.75, 3.05) is 5.73 Å². The van der Waals surface area contributed by atoms with Crippen LogP contribution < -0.4 is 10.5 Å². The molecule has 0 atom stereocenters. The van der Waals surface area contributed by atoms with Gasteiger partial charge in [0.05, 0.1) is 11.6 Å². The monoisotopic (exact) mass is 274 g/mol. The Bertz CT molecular complexity index is 863. The Morgan fingerprint density at radius 3 is 2.43 bits per heavy atom. The molecule has 0 fully saturated rings. The summed E-state index contributed by atoms with van der Waals surface area (Å²) in [5.41, 5.74) is 8.16. The summed E-state index contributed by atoms with van der Waals surface area (Å²) in [6.45, 7) is 1.93. The van der Waals surface area contributed by atoms with E-state index in [9.17, 15) is 5.26 Å². The van der Waals surface area contributed by atoms with Gasteiger partial charge in [-0.1, -0.05) is 30.3 Å². The Kier molecular flexibility index (Phi) is 3.21. The molecular weight excluding hydrogens is 260 g/mol. The van der Waals surface area contributed by atoms with Crippen molar-refractivity contribution in [3.63, 3.8) is 0 Å². The van der Waals surface area contributed by atoms with Crippen molar-refractivity contribution in [1.29, 1.82) is 5.26 Å². The van der Waals surface area contributed by atoms with Crippen LogP contribution in [0.2, 0.25) is 0 Å². The maximum atomic E-state index is 9.19. The van der Waals surface area contributed by atoms with E-state index in [0.717, 1.165) is 27.8 Å². The van der Waals surface area contributed by atoms with Gasteiger partial charge in [-0.05, 0) is 31.2 Å². The summed E-state index contributed by atoms with van der Waals surface area (Å²) in [6.07, 6.45) is 0. The molecule has 0 spiro atoms. The molecule has 2 N–H and O–H groups in total. The predicted molar refractivity (Wildman–Crippen MR) is 84.3 cm³/mol. The summed E-state index contributed by atoms with van der Waals surface area (Å²) in [4.78, 5) is 0. The molecule has 21 heavy (non-hydrogen) atoms. The number of nitrogens with two attached hydrogens (primary N) is 1. The van der Waals surface area contributed by atoms with Crippen LogP contribution in [0.3, 0.4) is 0 Å². The number of fused-ring (bicyclic) bond motifs is 1. The molecule has 0 aliphatic heterocycles. The van der Waals surface area contributed by atoms with Crippen LogP contribution in [0.5, 0.6) is 11.5 Å². The molecule has 0 saturated heterocycles. The minimum absolute atomic E-state index is 0.641. The van der Waals surface area contributed by atoms with Crippen molar-refractivity contribution < 1.29 is 4.74 Å². The molecule has 3 nitrogen and oxygen atoms in total. The van der Waals surface area contributed by atoms with E-state index in [2.05, 4.69) is 6.07 Å². The average Bonchev–Trinajstić information content (AvgIpc) is 2.52. The second-order valence-electron chi connectivity index (χ2n) is 4.84. The molecule has 0 heterocycles. The van der Waals surface area contributed by atoms with Crippen molar-refractivity contribution >= 4 is 16.5 Å². The van der Waals surface area contributed by atoms with Crippen LogP contribution in [0.4, 0.5) is 5.69 Å². The van der Waals surface area contributed by atoms with Crippen molar-refractivity contribution in [3.05, 3.63) is 65.7 Å². The van der Waals surface area contributed by atoms with Gasteiger partial charge in [0.2, 0.25) is 0 Å². The zero-order chi connectivity index (χ0) is 14.8. The van der Waals surface area contributed by atoms with Crippen molar-refractivity contribution in [2.24, 2.45) is 0 Å². The van der Waals surface area contributed by atoms with E-state index in [1.165, 1.54) is 0 Å². The van der Waals surface area contributed by atoms with Crippen molar-refractivity contribution in [1.82, 2.24) is 0 Å². The molecule has 0 aliphatic rings. The molecule has 0 amide bonds. The first-order valence-corrected chi connectivity index (χ1v) is 6.65. The summed E-state index contributed by atoms with van der Waals surface area (Å²) in [6, 6.07) is 19.1. The van der Waals surface area contributed by atoms with Gasteiger partial charge < -0.3 is 10.5 Å². The van der Waals surface area contributed by atoms with E-state index in [-0.39, 0.29) is 0 Å². The van der Waals surface area contributed by atoms with E-state index in [1.54, 1.807) is 6.07 Å². The summed E-state index contributed by atoms with van der Waals surface area (Å²) in [5, 5.41) is 11.0. The number of benzene rings is 3.